The molecule has 0 bridgehead atoms. The van der Waals surface area contributed by atoms with Crippen LogP contribution in [-0.2, 0) is 0 Å². The first kappa shape index (κ1) is 22.7. The first-order valence-corrected chi connectivity index (χ1v) is 14.5. The van der Waals surface area contributed by atoms with Gasteiger partial charge in [-0.1, -0.05) is 54.6 Å². The van der Waals surface area contributed by atoms with Crippen LogP contribution in [0.4, 0.5) is 0 Å². The van der Waals surface area contributed by atoms with Gasteiger partial charge in [-0.25, -0.2) is 4.98 Å². The molecule has 0 aliphatic heterocycles. The van der Waals surface area contributed by atoms with Crippen molar-refractivity contribution in [2.24, 2.45) is 0 Å². The molecule has 43 heavy (non-hydrogen) atoms. The maximum absolute atomic E-state index is 4.81. The summed E-state index contributed by atoms with van der Waals surface area (Å²) in [5.41, 5.74) is 9.05. The molecule has 0 aliphatic rings. The number of aromatic nitrogens is 5. The molecule has 0 aliphatic carbocycles. The highest BCUT2D eigenvalue weighted by Gasteiger charge is 2.20. The van der Waals surface area contributed by atoms with E-state index in [-0.39, 0.29) is 0 Å². The maximum atomic E-state index is 4.81. The van der Waals surface area contributed by atoms with Gasteiger partial charge in [0.15, 0.2) is 0 Å². The number of fused-ring (bicyclic) bond motifs is 12. The van der Waals surface area contributed by atoms with Crippen LogP contribution in [0.25, 0.3) is 82.3 Å². The predicted octanol–water partition coefficient (Wildman–Crippen LogP) is 9.23. The van der Waals surface area contributed by atoms with E-state index in [4.69, 9.17) is 4.98 Å². The Balaban J connectivity index is 1.45. The van der Waals surface area contributed by atoms with E-state index in [0.29, 0.717) is 0 Å². The first-order valence-electron chi connectivity index (χ1n) is 14.5. The molecule has 5 heterocycles. The monoisotopic (exact) mass is 549 g/mol. The molecule has 0 spiro atoms. The zero-order valence-corrected chi connectivity index (χ0v) is 23.0. The normalized spacial score (nSPS) is 12.2. The van der Waals surface area contributed by atoms with E-state index < -0.39 is 0 Å². The SMILES string of the molecule is c1ccc(-n2c3ccccc3c3cc4c(cc32)c2cc3c(cc2n4-c2ccccc2)c2ccncc2n2ccnc32)cc1. The van der Waals surface area contributed by atoms with Gasteiger partial charge in [0.05, 0.1) is 33.8 Å². The molecule has 10 rings (SSSR count). The van der Waals surface area contributed by atoms with Crippen LogP contribution in [0.3, 0.4) is 0 Å². The minimum atomic E-state index is 0.942. The molecule has 5 heteroatoms. The van der Waals surface area contributed by atoms with Crippen LogP contribution in [0.1, 0.15) is 0 Å². The zero-order valence-electron chi connectivity index (χ0n) is 23.0. The highest BCUT2D eigenvalue weighted by atomic mass is 15.0. The number of benzene rings is 5. The lowest BCUT2D eigenvalue weighted by atomic mass is 10.0. The number of nitrogens with zero attached hydrogens (tertiary/aromatic N) is 5. The van der Waals surface area contributed by atoms with Gasteiger partial charge < -0.3 is 9.13 Å². The Morgan fingerprint density at radius 2 is 1.00 bits per heavy atom. The van der Waals surface area contributed by atoms with Crippen molar-refractivity contribution in [3.63, 3.8) is 0 Å². The molecule has 0 atom stereocenters. The molecule has 0 amide bonds. The summed E-state index contributed by atoms with van der Waals surface area (Å²) < 4.78 is 6.96. The highest BCUT2D eigenvalue weighted by Crippen LogP contribution is 2.42. The summed E-state index contributed by atoms with van der Waals surface area (Å²) in [5, 5.41) is 8.37. The van der Waals surface area contributed by atoms with Gasteiger partial charge in [0, 0.05) is 62.3 Å². The fourth-order valence-electron chi connectivity index (χ4n) is 7.14. The summed E-state index contributed by atoms with van der Waals surface area (Å²) in [6.07, 6.45) is 7.71. The number of hydrogen-bond acceptors (Lipinski definition) is 2. The predicted molar refractivity (Wildman–Crippen MR) is 177 cm³/mol. The van der Waals surface area contributed by atoms with Crippen LogP contribution in [0, 0.1) is 0 Å². The van der Waals surface area contributed by atoms with Crippen LogP contribution in [0.15, 0.2) is 140 Å². The van der Waals surface area contributed by atoms with Crippen molar-refractivity contribution in [3.05, 3.63) is 140 Å². The van der Waals surface area contributed by atoms with Gasteiger partial charge in [-0.05, 0) is 66.0 Å². The molecule has 5 aromatic carbocycles. The molecular formula is C38H23N5. The van der Waals surface area contributed by atoms with E-state index in [2.05, 4.69) is 134 Å². The van der Waals surface area contributed by atoms with Crippen LogP contribution in [0.2, 0.25) is 0 Å². The largest absolute Gasteiger partial charge is 0.309 e. The van der Waals surface area contributed by atoms with Gasteiger partial charge in [0.25, 0.3) is 0 Å². The smallest absolute Gasteiger partial charge is 0.145 e. The fourth-order valence-corrected chi connectivity index (χ4v) is 7.14. The molecule has 0 saturated heterocycles. The van der Waals surface area contributed by atoms with Gasteiger partial charge in [0.2, 0.25) is 0 Å². The van der Waals surface area contributed by atoms with E-state index in [1.807, 2.05) is 24.8 Å². The van der Waals surface area contributed by atoms with Crippen molar-refractivity contribution in [2.45, 2.75) is 0 Å². The van der Waals surface area contributed by atoms with E-state index >= 15 is 0 Å². The van der Waals surface area contributed by atoms with Crippen molar-refractivity contribution in [3.8, 4) is 11.4 Å². The second-order valence-electron chi connectivity index (χ2n) is 11.2. The summed E-state index contributed by atoms with van der Waals surface area (Å²) in [5.74, 6) is 0. The second kappa shape index (κ2) is 8.30. The Kier molecular flexibility index (Phi) is 4.39. The molecule has 5 nitrogen and oxygen atoms in total. The molecule has 5 aromatic heterocycles. The van der Waals surface area contributed by atoms with E-state index in [1.54, 1.807) is 0 Å². The van der Waals surface area contributed by atoms with Crippen molar-refractivity contribution in [1.29, 1.82) is 0 Å². The summed E-state index contributed by atoms with van der Waals surface area (Å²) in [6, 6.07) is 41.7. The number of rotatable bonds is 2. The first-order chi connectivity index (χ1) is 21.3. The Labute approximate surface area is 245 Å². The Morgan fingerprint density at radius 1 is 0.419 bits per heavy atom. The fraction of sp³-hybridized carbons (Fsp3) is 0. The molecular weight excluding hydrogens is 526 g/mol. The third kappa shape index (κ3) is 3.00. The van der Waals surface area contributed by atoms with Gasteiger partial charge >= 0.3 is 0 Å². The highest BCUT2D eigenvalue weighted by molar-refractivity contribution is 6.23. The van der Waals surface area contributed by atoms with Gasteiger partial charge in [-0.15, -0.1) is 0 Å². The van der Waals surface area contributed by atoms with Crippen molar-refractivity contribution in [2.75, 3.05) is 0 Å². The van der Waals surface area contributed by atoms with Crippen LogP contribution in [0.5, 0.6) is 0 Å². The van der Waals surface area contributed by atoms with Gasteiger partial charge in [-0.2, -0.15) is 0 Å². The average molecular weight is 550 g/mol. The van der Waals surface area contributed by atoms with Crippen molar-refractivity contribution >= 4 is 70.9 Å². The number of hydrogen-bond donors (Lipinski definition) is 0. The molecule has 0 saturated carbocycles. The van der Waals surface area contributed by atoms with E-state index in [0.717, 1.165) is 33.3 Å². The molecule has 0 fully saturated rings. The Bertz CT molecular complexity index is 2710. The zero-order chi connectivity index (χ0) is 28.1. The summed E-state index contributed by atoms with van der Waals surface area (Å²) >= 11 is 0. The number of imidazole rings is 1. The molecule has 200 valence electrons. The lowest BCUT2D eigenvalue weighted by Crippen LogP contribution is -1.95. The second-order valence-corrected chi connectivity index (χ2v) is 11.2. The molecule has 0 unspecified atom stereocenters. The topological polar surface area (TPSA) is 40.0 Å². The van der Waals surface area contributed by atoms with Crippen molar-refractivity contribution < 1.29 is 0 Å². The van der Waals surface area contributed by atoms with E-state index in [9.17, 15) is 0 Å². The van der Waals surface area contributed by atoms with Crippen molar-refractivity contribution in [1.82, 2.24) is 23.5 Å². The third-order valence-corrected chi connectivity index (χ3v) is 8.96. The lowest BCUT2D eigenvalue weighted by molar-refractivity contribution is 1.17. The van der Waals surface area contributed by atoms with Crippen LogP contribution in [-0.4, -0.2) is 23.5 Å². The molecule has 0 radical (unpaired) electrons. The summed E-state index contributed by atoms with van der Waals surface area (Å²) in [6.45, 7) is 0. The molecule has 0 N–H and O–H groups in total. The third-order valence-electron chi connectivity index (χ3n) is 8.96. The summed E-state index contributed by atoms with van der Waals surface area (Å²) in [7, 11) is 0. The number of pyridine rings is 2. The lowest BCUT2D eigenvalue weighted by Gasteiger charge is -2.11. The van der Waals surface area contributed by atoms with Gasteiger partial charge in [0.1, 0.15) is 5.65 Å². The van der Waals surface area contributed by atoms with Gasteiger partial charge in [-0.3, -0.25) is 9.38 Å². The van der Waals surface area contributed by atoms with Crippen LogP contribution < -0.4 is 0 Å². The maximum Gasteiger partial charge on any atom is 0.145 e. The minimum Gasteiger partial charge on any atom is -0.309 e. The average Bonchev–Trinajstić information content (AvgIpc) is 3.77. The standard InChI is InChI=1S/C38H23N5/c1-3-9-24(10-4-1)42-33-14-8-7-13-26(33)30-21-36-31(22-35(30)42)29-19-32-28(20-34(29)43(36)25-11-5-2-6-12-25)27-15-16-39-23-37(27)41-18-17-40-38(32)41/h1-23H. The van der Waals surface area contributed by atoms with E-state index in [1.165, 1.54) is 49.0 Å². The Morgan fingerprint density at radius 3 is 1.74 bits per heavy atom. The Hall–Kier alpha value is -5.94. The number of para-hydroxylation sites is 3. The quantitative estimate of drug-likeness (QED) is 0.202. The summed E-state index contributed by atoms with van der Waals surface area (Å²) in [4.78, 5) is 9.24. The molecule has 10 aromatic rings. The van der Waals surface area contributed by atoms with Crippen LogP contribution >= 0.6 is 0 Å². The minimum absolute atomic E-state index is 0.942.